The van der Waals surface area contributed by atoms with E-state index in [0.29, 0.717) is 18.7 Å². The number of halogens is 1. The highest BCUT2D eigenvalue weighted by Crippen LogP contribution is 2.17. The average molecular weight is 328 g/mol. The first-order chi connectivity index (χ1) is 8.91. The molecule has 3 amide bonds. The minimum Gasteiger partial charge on any atom is -0.350 e. The molecular formula is C13H18BrN3O2. The number of hydrogen-bond acceptors (Lipinski definition) is 2. The first-order valence-electron chi connectivity index (χ1n) is 5.91. The average Bonchev–Trinajstić information content (AvgIpc) is 2.37. The topological polar surface area (TPSA) is 61.4 Å². The van der Waals surface area contributed by atoms with Crippen molar-refractivity contribution in [3.05, 3.63) is 33.8 Å². The van der Waals surface area contributed by atoms with Gasteiger partial charge in [0.15, 0.2) is 0 Å². The number of nitrogens with one attached hydrogen (secondary N) is 2. The van der Waals surface area contributed by atoms with E-state index in [9.17, 15) is 9.59 Å². The van der Waals surface area contributed by atoms with Gasteiger partial charge in [0.1, 0.15) is 0 Å². The zero-order valence-electron chi connectivity index (χ0n) is 11.3. The molecule has 0 atom stereocenters. The summed E-state index contributed by atoms with van der Waals surface area (Å²) in [4.78, 5) is 24.5. The Morgan fingerprint density at radius 3 is 2.42 bits per heavy atom. The molecule has 0 spiro atoms. The van der Waals surface area contributed by atoms with E-state index in [1.54, 1.807) is 26.2 Å². The van der Waals surface area contributed by atoms with Gasteiger partial charge in [-0.05, 0) is 24.6 Å². The molecule has 0 fully saturated rings. The minimum atomic E-state index is -0.174. The molecule has 5 nitrogen and oxygen atoms in total. The summed E-state index contributed by atoms with van der Waals surface area (Å²) in [5.41, 5.74) is 1.67. The standard InChI is InChI=1S/C13H18BrN3O2/c1-9-4-5-10(8-11(9)14)12(18)15-6-7-16-13(19)17(2)3/h4-5,8H,6-7H2,1-3H3,(H,15,18)(H,16,19). The van der Waals surface area contributed by atoms with Gasteiger partial charge in [0.05, 0.1) is 0 Å². The predicted octanol–water partition coefficient (Wildman–Crippen LogP) is 1.76. The van der Waals surface area contributed by atoms with Crippen LogP contribution in [0.15, 0.2) is 22.7 Å². The van der Waals surface area contributed by atoms with Gasteiger partial charge in [-0.15, -0.1) is 0 Å². The van der Waals surface area contributed by atoms with Crippen LogP contribution < -0.4 is 10.6 Å². The Labute approximate surface area is 121 Å². The molecule has 104 valence electrons. The van der Waals surface area contributed by atoms with Crippen LogP contribution in [-0.2, 0) is 0 Å². The molecule has 0 heterocycles. The molecule has 0 unspecified atom stereocenters. The van der Waals surface area contributed by atoms with Crippen LogP contribution >= 0.6 is 15.9 Å². The van der Waals surface area contributed by atoms with E-state index in [1.807, 2.05) is 13.0 Å². The molecule has 0 aromatic heterocycles. The second-order valence-corrected chi connectivity index (χ2v) is 5.20. The third-order valence-electron chi connectivity index (χ3n) is 2.53. The fraction of sp³-hybridized carbons (Fsp3) is 0.385. The SMILES string of the molecule is Cc1ccc(C(=O)NCCNC(=O)N(C)C)cc1Br. The maximum absolute atomic E-state index is 11.8. The summed E-state index contributed by atoms with van der Waals surface area (Å²) in [6, 6.07) is 5.26. The van der Waals surface area contributed by atoms with Gasteiger partial charge in [0.25, 0.3) is 5.91 Å². The molecule has 0 radical (unpaired) electrons. The number of aryl methyl sites for hydroxylation is 1. The highest BCUT2D eigenvalue weighted by atomic mass is 79.9. The van der Waals surface area contributed by atoms with Crippen molar-refractivity contribution in [2.24, 2.45) is 0 Å². The van der Waals surface area contributed by atoms with Crippen molar-refractivity contribution in [2.75, 3.05) is 27.2 Å². The van der Waals surface area contributed by atoms with Crippen molar-refractivity contribution < 1.29 is 9.59 Å². The fourth-order valence-electron chi connectivity index (χ4n) is 1.34. The number of carbonyl (C=O) groups excluding carboxylic acids is 2. The van der Waals surface area contributed by atoms with Gasteiger partial charge in [0.2, 0.25) is 0 Å². The third-order valence-corrected chi connectivity index (χ3v) is 3.38. The number of carbonyl (C=O) groups is 2. The van der Waals surface area contributed by atoms with Gasteiger partial charge in [0, 0.05) is 37.2 Å². The monoisotopic (exact) mass is 327 g/mol. The second kappa shape index (κ2) is 7.13. The zero-order valence-corrected chi connectivity index (χ0v) is 12.9. The lowest BCUT2D eigenvalue weighted by Gasteiger charge is -2.12. The van der Waals surface area contributed by atoms with Gasteiger partial charge in [-0.1, -0.05) is 22.0 Å². The highest BCUT2D eigenvalue weighted by molar-refractivity contribution is 9.10. The van der Waals surface area contributed by atoms with Crippen LogP contribution in [0.4, 0.5) is 4.79 Å². The summed E-state index contributed by atoms with van der Waals surface area (Å²) in [5.74, 6) is -0.153. The first-order valence-corrected chi connectivity index (χ1v) is 6.70. The van der Waals surface area contributed by atoms with E-state index >= 15 is 0 Å². The quantitative estimate of drug-likeness (QED) is 0.828. The third kappa shape index (κ3) is 4.90. The lowest BCUT2D eigenvalue weighted by atomic mass is 10.1. The molecule has 1 aromatic carbocycles. The predicted molar refractivity (Wildman–Crippen MR) is 78.3 cm³/mol. The Kier molecular flexibility index (Phi) is 5.82. The summed E-state index contributed by atoms with van der Waals surface area (Å²) >= 11 is 3.39. The molecule has 0 bridgehead atoms. The fourth-order valence-corrected chi connectivity index (χ4v) is 1.72. The Morgan fingerprint density at radius 1 is 1.21 bits per heavy atom. The normalized spacial score (nSPS) is 9.89. The van der Waals surface area contributed by atoms with E-state index in [0.717, 1.165) is 10.0 Å². The Morgan fingerprint density at radius 2 is 1.84 bits per heavy atom. The Bertz CT molecular complexity index is 475. The van der Waals surface area contributed by atoms with Gasteiger partial charge in [-0.3, -0.25) is 4.79 Å². The Hall–Kier alpha value is -1.56. The van der Waals surface area contributed by atoms with E-state index in [4.69, 9.17) is 0 Å². The van der Waals surface area contributed by atoms with Crippen molar-refractivity contribution in [1.29, 1.82) is 0 Å². The van der Waals surface area contributed by atoms with Crippen molar-refractivity contribution >= 4 is 27.9 Å². The van der Waals surface area contributed by atoms with E-state index in [1.165, 1.54) is 4.90 Å². The summed E-state index contributed by atoms with van der Waals surface area (Å²) in [6.07, 6.45) is 0. The lowest BCUT2D eigenvalue weighted by molar-refractivity contribution is 0.0953. The van der Waals surface area contributed by atoms with Crippen LogP contribution in [0.2, 0.25) is 0 Å². The second-order valence-electron chi connectivity index (χ2n) is 4.35. The zero-order chi connectivity index (χ0) is 14.4. The summed E-state index contributed by atoms with van der Waals surface area (Å²) in [7, 11) is 3.33. The molecular weight excluding hydrogens is 310 g/mol. The van der Waals surface area contributed by atoms with Crippen molar-refractivity contribution in [1.82, 2.24) is 15.5 Å². The van der Waals surface area contributed by atoms with Gasteiger partial charge >= 0.3 is 6.03 Å². The van der Waals surface area contributed by atoms with Gasteiger partial charge in [-0.2, -0.15) is 0 Å². The van der Waals surface area contributed by atoms with Crippen LogP contribution in [0.25, 0.3) is 0 Å². The Balaban J connectivity index is 2.39. The number of nitrogens with zero attached hydrogens (tertiary/aromatic N) is 1. The molecule has 0 aliphatic carbocycles. The van der Waals surface area contributed by atoms with Crippen LogP contribution in [0, 0.1) is 6.92 Å². The number of amides is 3. The lowest BCUT2D eigenvalue weighted by Crippen LogP contribution is -2.39. The maximum atomic E-state index is 11.8. The number of urea groups is 1. The van der Waals surface area contributed by atoms with Crippen molar-refractivity contribution in [2.45, 2.75) is 6.92 Å². The molecule has 0 aliphatic rings. The number of hydrogen-bond donors (Lipinski definition) is 2. The molecule has 0 saturated carbocycles. The largest absolute Gasteiger partial charge is 0.350 e. The van der Waals surface area contributed by atoms with Crippen LogP contribution in [0.1, 0.15) is 15.9 Å². The molecule has 0 aliphatic heterocycles. The summed E-state index contributed by atoms with van der Waals surface area (Å²) < 4.78 is 0.904. The summed E-state index contributed by atoms with van der Waals surface area (Å²) in [6.45, 7) is 2.75. The van der Waals surface area contributed by atoms with E-state index in [2.05, 4.69) is 26.6 Å². The maximum Gasteiger partial charge on any atom is 0.316 e. The van der Waals surface area contributed by atoms with Crippen molar-refractivity contribution in [3.8, 4) is 0 Å². The molecule has 19 heavy (non-hydrogen) atoms. The number of benzene rings is 1. The summed E-state index contributed by atoms with van der Waals surface area (Å²) in [5, 5.41) is 5.42. The molecule has 6 heteroatoms. The van der Waals surface area contributed by atoms with Gasteiger partial charge < -0.3 is 15.5 Å². The molecule has 0 saturated heterocycles. The molecule has 2 N–H and O–H groups in total. The van der Waals surface area contributed by atoms with E-state index < -0.39 is 0 Å². The van der Waals surface area contributed by atoms with E-state index in [-0.39, 0.29) is 11.9 Å². The van der Waals surface area contributed by atoms with Crippen LogP contribution in [0.3, 0.4) is 0 Å². The first kappa shape index (κ1) is 15.5. The minimum absolute atomic E-state index is 0.153. The smallest absolute Gasteiger partial charge is 0.316 e. The van der Waals surface area contributed by atoms with Crippen molar-refractivity contribution in [3.63, 3.8) is 0 Å². The van der Waals surface area contributed by atoms with Crippen LogP contribution in [0.5, 0.6) is 0 Å². The molecule has 1 rings (SSSR count). The molecule has 1 aromatic rings. The van der Waals surface area contributed by atoms with Crippen LogP contribution in [-0.4, -0.2) is 44.0 Å². The highest BCUT2D eigenvalue weighted by Gasteiger charge is 2.07. The number of rotatable bonds is 4. The van der Waals surface area contributed by atoms with Gasteiger partial charge in [-0.25, -0.2) is 4.79 Å².